The summed E-state index contributed by atoms with van der Waals surface area (Å²) in [5, 5.41) is 11.2. The van der Waals surface area contributed by atoms with Crippen LogP contribution in [0.15, 0.2) is 24.5 Å². The summed E-state index contributed by atoms with van der Waals surface area (Å²) >= 11 is 0. The van der Waals surface area contributed by atoms with Crippen LogP contribution < -0.4 is 5.32 Å². The molecule has 1 amide bonds. The number of pyridine rings is 1. The van der Waals surface area contributed by atoms with Crippen LogP contribution in [-0.2, 0) is 13.6 Å². The number of hydrogen-bond donors (Lipinski definition) is 1. The summed E-state index contributed by atoms with van der Waals surface area (Å²) < 4.78 is 1.66. The van der Waals surface area contributed by atoms with Crippen LogP contribution in [0.3, 0.4) is 0 Å². The average molecular weight is 300 g/mol. The number of nitrogens with zero attached hydrogens (tertiary/aromatic N) is 5. The second-order valence-electron chi connectivity index (χ2n) is 5.52. The fourth-order valence-electron chi connectivity index (χ4n) is 2.59. The lowest BCUT2D eigenvalue weighted by Gasteiger charge is -2.26. The molecule has 0 saturated carbocycles. The van der Waals surface area contributed by atoms with Gasteiger partial charge in [-0.15, -0.1) is 5.10 Å². The van der Waals surface area contributed by atoms with Crippen LogP contribution in [0.2, 0.25) is 0 Å². The fourth-order valence-corrected chi connectivity index (χ4v) is 2.59. The van der Waals surface area contributed by atoms with Crippen molar-refractivity contribution in [2.24, 2.45) is 7.05 Å². The van der Waals surface area contributed by atoms with Gasteiger partial charge in [-0.3, -0.25) is 14.5 Å². The van der Waals surface area contributed by atoms with Gasteiger partial charge in [-0.1, -0.05) is 5.21 Å². The number of hydrogen-bond acceptors (Lipinski definition) is 5. The second-order valence-corrected chi connectivity index (χ2v) is 5.52. The summed E-state index contributed by atoms with van der Waals surface area (Å²) in [5.41, 5.74) is 2.20. The van der Waals surface area contributed by atoms with Gasteiger partial charge in [0.2, 0.25) is 0 Å². The number of aromatic nitrogens is 4. The summed E-state index contributed by atoms with van der Waals surface area (Å²) in [4.78, 5) is 18.5. The lowest BCUT2D eigenvalue weighted by Crippen LogP contribution is -2.36. The summed E-state index contributed by atoms with van der Waals surface area (Å²) in [6.07, 6.45) is 6.88. The minimum absolute atomic E-state index is 0.0165. The largest absolute Gasteiger partial charge is 0.379 e. The SMILES string of the molecule is Cn1cc(CNc2ccnc(C(=O)N3CCCCC3)c2)nn1. The lowest BCUT2D eigenvalue weighted by molar-refractivity contribution is 0.0718. The Kier molecular flexibility index (Phi) is 4.32. The zero-order valence-corrected chi connectivity index (χ0v) is 12.7. The summed E-state index contributed by atoms with van der Waals surface area (Å²) in [6, 6.07) is 3.65. The molecule has 1 N–H and O–H groups in total. The van der Waals surface area contributed by atoms with Crippen molar-refractivity contribution in [1.29, 1.82) is 0 Å². The predicted octanol–water partition coefficient (Wildman–Crippen LogP) is 1.45. The highest BCUT2D eigenvalue weighted by Crippen LogP contribution is 2.15. The minimum Gasteiger partial charge on any atom is -0.379 e. The van der Waals surface area contributed by atoms with Crippen molar-refractivity contribution in [3.63, 3.8) is 0 Å². The molecule has 0 unspecified atom stereocenters. The molecule has 0 atom stereocenters. The van der Waals surface area contributed by atoms with Crippen LogP contribution in [0.5, 0.6) is 0 Å². The maximum Gasteiger partial charge on any atom is 0.272 e. The van der Waals surface area contributed by atoms with Gasteiger partial charge in [-0.25, -0.2) is 0 Å². The molecular weight excluding hydrogens is 280 g/mol. The highest BCUT2D eigenvalue weighted by molar-refractivity contribution is 5.93. The standard InChI is InChI=1S/C15H20N6O/c1-20-11-13(18-19-20)10-17-12-5-6-16-14(9-12)15(22)21-7-3-2-4-8-21/h5-6,9,11H,2-4,7-8,10H2,1H3,(H,16,17). The topological polar surface area (TPSA) is 75.9 Å². The van der Waals surface area contributed by atoms with Crippen molar-refractivity contribution in [1.82, 2.24) is 24.9 Å². The molecule has 22 heavy (non-hydrogen) atoms. The van der Waals surface area contributed by atoms with Gasteiger partial charge in [0.1, 0.15) is 11.4 Å². The molecule has 0 bridgehead atoms. The zero-order chi connectivity index (χ0) is 15.4. The molecule has 0 radical (unpaired) electrons. The van der Waals surface area contributed by atoms with E-state index >= 15 is 0 Å². The third-order valence-corrected chi connectivity index (χ3v) is 3.75. The molecule has 3 rings (SSSR count). The van der Waals surface area contributed by atoms with Crippen LogP contribution in [0.25, 0.3) is 0 Å². The number of carbonyl (C=O) groups excluding carboxylic acids is 1. The Hall–Kier alpha value is -2.44. The van der Waals surface area contributed by atoms with Crippen molar-refractivity contribution < 1.29 is 4.79 Å². The number of anilines is 1. The van der Waals surface area contributed by atoms with Crippen LogP contribution in [0.4, 0.5) is 5.69 Å². The molecule has 0 aromatic carbocycles. The highest BCUT2D eigenvalue weighted by atomic mass is 16.2. The number of rotatable bonds is 4. The van der Waals surface area contributed by atoms with Gasteiger partial charge in [0.15, 0.2) is 0 Å². The first-order chi connectivity index (χ1) is 10.7. The molecule has 2 aromatic rings. The maximum absolute atomic E-state index is 12.4. The van der Waals surface area contributed by atoms with E-state index < -0.39 is 0 Å². The normalized spacial score (nSPS) is 14.9. The Bertz CT molecular complexity index is 647. The molecule has 7 nitrogen and oxygen atoms in total. The summed E-state index contributed by atoms with van der Waals surface area (Å²) in [6.45, 7) is 2.23. The Balaban J connectivity index is 1.65. The van der Waals surface area contributed by atoms with E-state index in [4.69, 9.17) is 0 Å². The number of likely N-dealkylation sites (tertiary alicyclic amines) is 1. The van der Waals surface area contributed by atoms with Gasteiger partial charge in [0.25, 0.3) is 5.91 Å². The molecule has 1 aliphatic heterocycles. The maximum atomic E-state index is 12.4. The van der Waals surface area contributed by atoms with E-state index in [2.05, 4.69) is 20.6 Å². The molecule has 0 spiro atoms. The third-order valence-electron chi connectivity index (χ3n) is 3.75. The Morgan fingerprint density at radius 1 is 1.32 bits per heavy atom. The molecule has 3 heterocycles. The summed E-state index contributed by atoms with van der Waals surface area (Å²) in [7, 11) is 1.83. The first-order valence-corrected chi connectivity index (χ1v) is 7.57. The Morgan fingerprint density at radius 2 is 2.14 bits per heavy atom. The van der Waals surface area contributed by atoms with Crippen LogP contribution in [0.1, 0.15) is 35.4 Å². The van der Waals surface area contributed by atoms with E-state index in [9.17, 15) is 4.79 Å². The van der Waals surface area contributed by atoms with Gasteiger partial charge < -0.3 is 10.2 Å². The second kappa shape index (κ2) is 6.55. The third kappa shape index (κ3) is 3.41. The van der Waals surface area contributed by atoms with Gasteiger partial charge in [-0.05, 0) is 31.4 Å². The molecule has 1 aliphatic rings. The van der Waals surface area contributed by atoms with E-state index in [0.29, 0.717) is 12.2 Å². The van der Waals surface area contributed by atoms with E-state index in [-0.39, 0.29) is 5.91 Å². The van der Waals surface area contributed by atoms with Gasteiger partial charge >= 0.3 is 0 Å². The predicted molar refractivity (Wildman–Crippen MR) is 82.3 cm³/mol. The molecule has 2 aromatic heterocycles. The van der Waals surface area contributed by atoms with Crippen molar-refractivity contribution in [2.45, 2.75) is 25.8 Å². The molecule has 116 valence electrons. The van der Waals surface area contributed by atoms with Gasteiger partial charge in [0.05, 0.1) is 6.54 Å². The number of amides is 1. The average Bonchev–Trinajstić information content (AvgIpc) is 2.99. The van der Waals surface area contributed by atoms with E-state index in [1.54, 1.807) is 16.9 Å². The summed E-state index contributed by atoms with van der Waals surface area (Å²) in [5.74, 6) is 0.0165. The highest BCUT2D eigenvalue weighted by Gasteiger charge is 2.19. The van der Waals surface area contributed by atoms with Crippen molar-refractivity contribution in [2.75, 3.05) is 18.4 Å². The smallest absolute Gasteiger partial charge is 0.272 e. The van der Waals surface area contributed by atoms with Crippen LogP contribution in [0, 0.1) is 0 Å². The van der Waals surface area contributed by atoms with Gasteiger partial charge in [-0.2, -0.15) is 0 Å². The molecule has 1 fully saturated rings. The van der Waals surface area contributed by atoms with Crippen LogP contribution >= 0.6 is 0 Å². The van der Waals surface area contributed by atoms with Gasteiger partial charge in [0, 0.05) is 38.2 Å². The molecule has 7 heteroatoms. The monoisotopic (exact) mass is 300 g/mol. The minimum atomic E-state index is 0.0165. The van der Waals surface area contributed by atoms with Crippen molar-refractivity contribution in [3.8, 4) is 0 Å². The quantitative estimate of drug-likeness (QED) is 0.925. The van der Waals surface area contributed by atoms with Crippen LogP contribution in [-0.4, -0.2) is 43.9 Å². The van der Waals surface area contributed by atoms with E-state index in [0.717, 1.165) is 37.3 Å². The number of piperidine rings is 1. The van der Waals surface area contributed by atoms with E-state index in [1.165, 1.54) is 6.42 Å². The number of aryl methyl sites for hydroxylation is 1. The fraction of sp³-hybridized carbons (Fsp3) is 0.467. The molecular formula is C15H20N6O. The number of nitrogens with one attached hydrogen (secondary N) is 1. The first kappa shape index (κ1) is 14.5. The van der Waals surface area contributed by atoms with Crippen molar-refractivity contribution >= 4 is 11.6 Å². The zero-order valence-electron chi connectivity index (χ0n) is 12.7. The van der Waals surface area contributed by atoms with Crippen molar-refractivity contribution in [3.05, 3.63) is 35.9 Å². The molecule has 1 saturated heterocycles. The lowest BCUT2D eigenvalue weighted by atomic mass is 10.1. The Labute approximate surface area is 129 Å². The number of carbonyl (C=O) groups is 1. The first-order valence-electron chi connectivity index (χ1n) is 7.57. The van der Waals surface area contributed by atoms with E-state index in [1.807, 2.05) is 24.2 Å². The Morgan fingerprint density at radius 3 is 2.86 bits per heavy atom. The molecule has 0 aliphatic carbocycles.